The number of hydrogen-bond acceptors (Lipinski definition) is 3. The van der Waals surface area contributed by atoms with E-state index in [0.717, 1.165) is 0 Å². The summed E-state index contributed by atoms with van der Waals surface area (Å²) in [6.45, 7) is 1.71. The van der Waals surface area contributed by atoms with Gasteiger partial charge in [-0.15, -0.1) is 0 Å². The lowest BCUT2D eigenvalue weighted by atomic mass is 10.0. The number of halogens is 1. The summed E-state index contributed by atoms with van der Waals surface area (Å²) in [6.07, 6.45) is -0.265. The highest BCUT2D eigenvalue weighted by molar-refractivity contribution is 5.68. The molecule has 0 aromatic heterocycles. The maximum atomic E-state index is 13.5. The topological polar surface area (TPSA) is 72.5 Å². The van der Waals surface area contributed by atoms with E-state index in [1.807, 2.05) is 0 Å². The fourth-order valence-corrected chi connectivity index (χ4v) is 1.54. The van der Waals surface area contributed by atoms with Crippen molar-refractivity contribution in [3.8, 4) is 5.75 Å². The lowest BCUT2D eigenvalue weighted by molar-refractivity contribution is -0.137. The predicted molar refractivity (Wildman–Crippen MR) is 56.9 cm³/mol. The molecule has 1 rings (SSSR count). The van der Waals surface area contributed by atoms with Gasteiger partial charge >= 0.3 is 5.97 Å². The minimum Gasteiger partial charge on any atom is -0.493 e. The van der Waals surface area contributed by atoms with Crippen molar-refractivity contribution in [2.24, 2.45) is 5.73 Å². The summed E-state index contributed by atoms with van der Waals surface area (Å²) in [5.41, 5.74) is 6.73. The van der Waals surface area contributed by atoms with E-state index < -0.39 is 17.8 Å². The second-order valence-corrected chi connectivity index (χ2v) is 3.57. The number of methoxy groups -OCH3 is 1. The summed E-state index contributed by atoms with van der Waals surface area (Å²) < 4.78 is 18.4. The van der Waals surface area contributed by atoms with Crippen LogP contribution in [0.25, 0.3) is 0 Å². The van der Waals surface area contributed by atoms with E-state index in [2.05, 4.69) is 0 Å². The molecule has 0 heterocycles. The third-order valence-electron chi connectivity index (χ3n) is 2.21. The number of aliphatic carboxylic acids is 1. The second-order valence-electron chi connectivity index (χ2n) is 3.57. The number of hydrogen-bond donors (Lipinski definition) is 2. The summed E-state index contributed by atoms with van der Waals surface area (Å²) in [7, 11) is 1.32. The van der Waals surface area contributed by atoms with Crippen LogP contribution in [0.2, 0.25) is 0 Å². The van der Waals surface area contributed by atoms with Crippen molar-refractivity contribution in [3.05, 3.63) is 29.1 Å². The first kappa shape index (κ1) is 12.4. The van der Waals surface area contributed by atoms with Gasteiger partial charge in [-0.05, 0) is 18.6 Å². The van der Waals surface area contributed by atoms with Crippen LogP contribution in [-0.2, 0) is 4.79 Å². The van der Waals surface area contributed by atoms with Crippen molar-refractivity contribution in [1.82, 2.24) is 0 Å². The Kier molecular flexibility index (Phi) is 3.84. The largest absolute Gasteiger partial charge is 0.493 e. The van der Waals surface area contributed by atoms with Gasteiger partial charge in [-0.3, -0.25) is 4.79 Å². The summed E-state index contributed by atoms with van der Waals surface area (Å²) >= 11 is 0. The van der Waals surface area contributed by atoms with E-state index in [1.54, 1.807) is 13.0 Å². The molecule has 3 N–H and O–H groups in total. The zero-order valence-electron chi connectivity index (χ0n) is 9.16. The Balaban J connectivity index is 3.15. The maximum absolute atomic E-state index is 13.5. The van der Waals surface area contributed by atoms with Crippen LogP contribution < -0.4 is 10.5 Å². The molecule has 0 radical (unpaired) electrons. The fourth-order valence-electron chi connectivity index (χ4n) is 1.54. The van der Waals surface area contributed by atoms with E-state index in [9.17, 15) is 9.18 Å². The van der Waals surface area contributed by atoms with Crippen LogP contribution in [0.3, 0.4) is 0 Å². The standard InChI is InChI=1S/C11H14FNO3/c1-6-3-7(9(13)5-10(14)15)11(16-2)8(12)4-6/h3-4,9H,5,13H2,1-2H3,(H,14,15). The van der Waals surface area contributed by atoms with E-state index in [0.29, 0.717) is 11.1 Å². The van der Waals surface area contributed by atoms with Crippen molar-refractivity contribution < 1.29 is 19.0 Å². The molecular weight excluding hydrogens is 213 g/mol. The number of carboxylic acids is 1. The van der Waals surface area contributed by atoms with E-state index in [4.69, 9.17) is 15.6 Å². The highest BCUT2D eigenvalue weighted by atomic mass is 19.1. The highest BCUT2D eigenvalue weighted by Crippen LogP contribution is 2.29. The Morgan fingerprint density at radius 3 is 2.75 bits per heavy atom. The van der Waals surface area contributed by atoms with Crippen molar-refractivity contribution in [1.29, 1.82) is 0 Å². The molecule has 4 nitrogen and oxygen atoms in total. The van der Waals surface area contributed by atoms with Gasteiger partial charge in [0.1, 0.15) is 0 Å². The van der Waals surface area contributed by atoms with Crippen LogP contribution in [0.15, 0.2) is 12.1 Å². The monoisotopic (exact) mass is 227 g/mol. The second kappa shape index (κ2) is 4.94. The molecule has 0 fully saturated rings. The van der Waals surface area contributed by atoms with Crippen molar-refractivity contribution >= 4 is 5.97 Å². The van der Waals surface area contributed by atoms with Crippen LogP contribution in [-0.4, -0.2) is 18.2 Å². The number of nitrogens with two attached hydrogens (primary N) is 1. The number of aryl methyl sites for hydroxylation is 1. The molecule has 5 heteroatoms. The smallest absolute Gasteiger partial charge is 0.305 e. The minimum atomic E-state index is -1.03. The van der Waals surface area contributed by atoms with E-state index in [-0.39, 0.29) is 12.2 Å². The Hall–Kier alpha value is -1.62. The highest BCUT2D eigenvalue weighted by Gasteiger charge is 2.18. The summed E-state index contributed by atoms with van der Waals surface area (Å²) in [6, 6.07) is 2.17. The molecule has 0 aliphatic rings. The van der Waals surface area contributed by atoms with Gasteiger partial charge in [0, 0.05) is 11.6 Å². The normalized spacial score (nSPS) is 12.2. The third kappa shape index (κ3) is 2.70. The van der Waals surface area contributed by atoms with E-state index >= 15 is 0 Å². The molecule has 16 heavy (non-hydrogen) atoms. The number of benzene rings is 1. The quantitative estimate of drug-likeness (QED) is 0.819. The van der Waals surface area contributed by atoms with Crippen molar-refractivity contribution in [2.45, 2.75) is 19.4 Å². The molecule has 1 atom stereocenters. The van der Waals surface area contributed by atoms with Crippen LogP contribution in [0.4, 0.5) is 4.39 Å². The first-order valence-corrected chi connectivity index (χ1v) is 4.77. The lowest BCUT2D eigenvalue weighted by Gasteiger charge is -2.15. The molecule has 0 spiro atoms. The van der Waals surface area contributed by atoms with Crippen molar-refractivity contribution in [2.75, 3.05) is 7.11 Å². The van der Waals surface area contributed by atoms with Crippen LogP contribution in [0.5, 0.6) is 5.75 Å². The van der Waals surface area contributed by atoms with Gasteiger partial charge in [0.05, 0.1) is 13.5 Å². The molecule has 0 aliphatic heterocycles. The minimum absolute atomic E-state index is 0.0133. The molecule has 0 bridgehead atoms. The van der Waals surface area contributed by atoms with Gasteiger partial charge < -0.3 is 15.6 Å². The van der Waals surface area contributed by atoms with Gasteiger partial charge in [0.2, 0.25) is 0 Å². The first-order chi connectivity index (χ1) is 7.45. The number of ether oxygens (including phenoxy) is 1. The molecule has 88 valence electrons. The Morgan fingerprint density at radius 1 is 1.62 bits per heavy atom. The number of rotatable bonds is 4. The van der Waals surface area contributed by atoms with E-state index in [1.165, 1.54) is 13.2 Å². The zero-order chi connectivity index (χ0) is 12.3. The summed E-state index contributed by atoms with van der Waals surface area (Å²) in [4.78, 5) is 10.5. The van der Waals surface area contributed by atoms with Crippen LogP contribution >= 0.6 is 0 Å². The maximum Gasteiger partial charge on any atom is 0.305 e. The SMILES string of the molecule is COc1c(F)cc(C)cc1C(N)CC(=O)O. The molecular formula is C11H14FNO3. The van der Waals surface area contributed by atoms with Gasteiger partial charge in [0.15, 0.2) is 11.6 Å². The third-order valence-corrected chi connectivity index (χ3v) is 2.21. The van der Waals surface area contributed by atoms with Crippen LogP contribution in [0.1, 0.15) is 23.6 Å². The number of carboxylic acid groups (broad SMARTS) is 1. The molecule has 0 saturated heterocycles. The molecule has 1 unspecified atom stereocenters. The summed E-state index contributed by atoms with van der Waals surface area (Å²) in [5.74, 6) is -1.55. The molecule has 0 amide bonds. The summed E-state index contributed by atoms with van der Waals surface area (Å²) in [5, 5.41) is 8.63. The van der Waals surface area contributed by atoms with Crippen molar-refractivity contribution in [3.63, 3.8) is 0 Å². The number of carbonyl (C=O) groups is 1. The van der Waals surface area contributed by atoms with Gasteiger partial charge in [-0.25, -0.2) is 4.39 Å². The first-order valence-electron chi connectivity index (χ1n) is 4.77. The average Bonchev–Trinajstić information content (AvgIpc) is 2.15. The van der Waals surface area contributed by atoms with Gasteiger partial charge in [0.25, 0.3) is 0 Å². The van der Waals surface area contributed by atoms with Crippen LogP contribution in [0, 0.1) is 12.7 Å². The Morgan fingerprint density at radius 2 is 2.25 bits per heavy atom. The zero-order valence-corrected chi connectivity index (χ0v) is 9.16. The predicted octanol–water partition coefficient (Wildman–Crippen LogP) is 1.62. The van der Waals surface area contributed by atoms with Gasteiger partial charge in [-0.2, -0.15) is 0 Å². The average molecular weight is 227 g/mol. The molecule has 1 aromatic rings. The fraction of sp³-hybridized carbons (Fsp3) is 0.364. The molecule has 1 aromatic carbocycles. The molecule has 0 saturated carbocycles. The Labute approximate surface area is 92.8 Å². The lowest BCUT2D eigenvalue weighted by Crippen LogP contribution is -2.16. The molecule has 0 aliphatic carbocycles. The van der Waals surface area contributed by atoms with Gasteiger partial charge in [-0.1, -0.05) is 6.07 Å². The Bertz CT molecular complexity index is 406.